The lowest BCUT2D eigenvalue weighted by Gasteiger charge is -2.17. The Balaban J connectivity index is 1.95. The number of hydrogen-bond donors (Lipinski definition) is 0. The van der Waals surface area contributed by atoms with Gasteiger partial charge in [0.15, 0.2) is 5.78 Å². The zero-order valence-electron chi connectivity index (χ0n) is 10.7. The first-order chi connectivity index (χ1) is 8.20. The van der Waals surface area contributed by atoms with Crippen molar-refractivity contribution >= 4 is 5.78 Å². The predicted molar refractivity (Wildman–Crippen MR) is 69.7 cm³/mol. The van der Waals surface area contributed by atoms with Gasteiger partial charge < -0.3 is 0 Å². The highest BCUT2D eigenvalue weighted by molar-refractivity contribution is 5.85. The summed E-state index contributed by atoms with van der Waals surface area (Å²) in [6, 6.07) is 10.4. The SMILES string of the molecule is CCC(C)C1CN(Cc2ccccc2)CC1=O. The van der Waals surface area contributed by atoms with Crippen LogP contribution >= 0.6 is 0 Å². The Morgan fingerprint density at radius 2 is 2.06 bits per heavy atom. The van der Waals surface area contributed by atoms with E-state index < -0.39 is 0 Å². The summed E-state index contributed by atoms with van der Waals surface area (Å²) in [5, 5.41) is 0. The molecule has 0 N–H and O–H groups in total. The van der Waals surface area contributed by atoms with E-state index in [1.165, 1.54) is 5.56 Å². The molecule has 0 amide bonds. The van der Waals surface area contributed by atoms with Crippen LogP contribution in [0.5, 0.6) is 0 Å². The van der Waals surface area contributed by atoms with Crippen LogP contribution in [0.2, 0.25) is 0 Å². The zero-order chi connectivity index (χ0) is 12.3. The predicted octanol–water partition coefficient (Wildman–Crippen LogP) is 2.73. The summed E-state index contributed by atoms with van der Waals surface area (Å²) in [4.78, 5) is 14.2. The molecule has 0 aromatic heterocycles. The lowest BCUT2D eigenvalue weighted by Crippen LogP contribution is -2.22. The first-order valence-electron chi connectivity index (χ1n) is 6.49. The van der Waals surface area contributed by atoms with Crippen LogP contribution in [-0.4, -0.2) is 23.8 Å². The molecule has 0 saturated carbocycles. The van der Waals surface area contributed by atoms with E-state index in [1.807, 2.05) is 6.07 Å². The maximum atomic E-state index is 11.9. The normalized spacial score (nSPS) is 22.9. The van der Waals surface area contributed by atoms with Crippen LogP contribution in [0.25, 0.3) is 0 Å². The average molecular weight is 231 g/mol. The van der Waals surface area contributed by atoms with E-state index in [0.29, 0.717) is 18.2 Å². The molecule has 0 radical (unpaired) electrons. The molecule has 2 nitrogen and oxygen atoms in total. The molecule has 2 unspecified atom stereocenters. The molecule has 1 aliphatic rings. The summed E-state index contributed by atoms with van der Waals surface area (Å²) in [5.74, 6) is 1.20. The summed E-state index contributed by atoms with van der Waals surface area (Å²) in [6.45, 7) is 6.82. The largest absolute Gasteiger partial charge is 0.298 e. The van der Waals surface area contributed by atoms with Gasteiger partial charge in [-0.25, -0.2) is 0 Å². The Labute approximate surface area is 104 Å². The highest BCUT2D eigenvalue weighted by Gasteiger charge is 2.33. The second-order valence-corrected chi connectivity index (χ2v) is 5.11. The minimum absolute atomic E-state index is 0.253. The summed E-state index contributed by atoms with van der Waals surface area (Å²) < 4.78 is 0. The van der Waals surface area contributed by atoms with Crippen LogP contribution in [-0.2, 0) is 11.3 Å². The van der Waals surface area contributed by atoms with Crippen LogP contribution in [0, 0.1) is 11.8 Å². The lowest BCUT2D eigenvalue weighted by molar-refractivity contribution is -0.121. The number of carbonyl (C=O) groups excluding carboxylic acids is 1. The van der Waals surface area contributed by atoms with Gasteiger partial charge in [-0.15, -0.1) is 0 Å². The van der Waals surface area contributed by atoms with E-state index in [1.54, 1.807) is 0 Å². The van der Waals surface area contributed by atoms with Crippen LogP contribution in [0.15, 0.2) is 30.3 Å². The molecule has 1 heterocycles. The molecule has 2 atom stereocenters. The second-order valence-electron chi connectivity index (χ2n) is 5.11. The molecular formula is C15H21NO. The summed E-state index contributed by atoms with van der Waals surface area (Å²) in [7, 11) is 0. The molecule has 0 spiro atoms. The van der Waals surface area contributed by atoms with Crippen molar-refractivity contribution in [3.05, 3.63) is 35.9 Å². The fourth-order valence-electron chi connectivity index (χ4n) is 2.53. The van der Waals surface area contributed by atoms with E-state index in [9.17, 15) is 4.79 Å². The van der Waals surface area contributed by atoms with E-state index >= 15 is 0 Å². The average Bonchev–Trinajstić information content (AvgIpc) is 2.70. The fraction of sp³-hybridized carbons (Fsp3) is 0.533. The van der Waals surface area contributed by atoms with Crippen LogP contribution in [0.3, 0.4) is 0 Å². The first kappa shape index (κ1) is 12.3. The number of Topliss-reactive ketones (excluding diaryl/α,β-unsaturated/α-hetero) is 1. The number of ketones is 1. The van der Waals surface area contributed by atoms with Gasteiger partial charge in [0.2, 0.25) is 0 Å². The standard InChI is InChI=1S/C15H21NO/c1-3-12(2)14-10-16(11-15(14)17)9-13-7-5-4-6-8-13/h4-8,12,14H,3,9-11H2,1-2H3. The lowest BCUT2D eigenvalue weighted by atomic mass is 9.90. The molecule has 1 fully saturated rings. The van der Waals surface area contributed by atoms with Crippen molar-refractivity contribution in [2.45, 2.75) is 26.8 Å². The van der Waals surface area contributed by atoms with E-state index in [-0.39, 0.29) is 5.92 Å². The first-order valence-corrected chi connectivity index (χ1v) is 6.49. The molecule has 2 heteroatoms. The van der Waals surface area contributed by atoms with E-state index in [4.69, 9.17) is 0 Å². The number of benzene rings is 1. The Morgan fingerprint density at radius 3 is 2.71 bits per heavy atom. The highest BCUT2D eigenvalue weighted by Crippen LogP contribution is 2.24. The van der Waals surface area contributed by atoms with Crippen molar-refractivity contribution in [1.29, 1.82) is 0 Å². The maximum absolute atomic E-state index is 11.9. The van der Waals surface area contributed by atoms with E-state index in [2.05, 4.69) is 43.0 Å². The monoisotopic (exact) mass is 231 g/mol. The molecule has 1 aliphatic heterocycles. The van der Waals surface area contributed by atoms with Crippen molar-refractivity contribution in [1.82, 2.24) is 4.90 Å². The number of carbonyl (C=O) groups is 1. The van der Waals surface area contributed by atoms with E-state index in [0.717, 1.165) is 19.5 Å². The smallest absolute Gasteiger partial charge is 0.151 e. The molecule has 92 valence electrons. The quantitative estimate of drug-likeness (QED) is 0.794. The van der Waals surface area contributed by atoms with Gasteiger partial charge in [0.05, 0.1) is 6.54 Å². The van der Waals surface area contributed by atoms with Gasteiger partial charge in [0, 0.05) is 19.0 Å². The molecule has 0 bridgehead atoms. The van der Waals surface area contributed by atoms with Crippen molar-refractivity contribution in [2.75, 3.05) is 13.1 Å². The number of nitrogens with zero attached hydrogens (tertiary/aromatic N) is 1. The van der Waals surface area contributed by atoms with Gasteiger partial charge in [0.1, 0.15) is 0 Å². The minimum atomic E-state index is 0.253. The Bertz CT molecular complexity index is 374. The third-order valence-electron chi connectivity index (χ3n) is 3.83. The highest BCUT2D eigenvalue weighted by atomic mass is 16.1. The zero-order valence-corrected chi connectivity index (χ0v) is 10.7. The minimum Gasteiger partial charge on any atom is -0.298 e. The van der Waals surface area contributed by atoms with Crippen molar-refractivity contribution < 1.29 is 4.79 Å². The van der Waals surface area contributed by atoms with Crippen LogP contribution in [0.4, 0.5) is 0 Å². The number of likely N-dealkylation sites (tertiary alicyclic amines) is 1. The molecule has 1 saturated heterocycles. The Morgan fingerprint density at radius 1 is 1.35 bits per heavy atom. The fourth-order valence-corrected chi connectivity index (χ4v) is 2.53. The molecular weight excluding hydrogens is 210 g/mol. The van der Waals surface area contributed by atoms with Crippen molar-refractivity contribution in [3.8, 4) is 0 Å². The molecule has 0 aliphatic carbocycles. The van der Waals surface area contributed by atoms with Gasteiger partial charge >= 0.3 is 0 Å². The van der Waals surface area contributed by atoms with Crippen LogP contribution in [0.1, 0.15) is 25.8 Å². The Kier molecular flexibility index (Phi) is 3.95. The van der Waals surface area contributed by atoms with Gasteiger partial charge in [0.25, 0.3) is 0 Å². The van der Waals surface area contributed by atoms with Crippen LogP contribution < -0.4 is 0 Å². The van der Waals surface area contributed by atoms with Gasteiger partial charge in [-0.1, -0.05) is 50.6 Å². The Hall–Kier alpha value is -1.15. The number of rotatable bonds is 4. The van der Waals surface area contributed by atoms with Crippen molar-refractivity contribution in [2.24, 2.45) is 11.8 Å². The third kappa shape index (κ3) is 2.95. The molecule has 17 heavy (non-hydrogen) atoms. The van der Waals surface area contributed by atoms with Gasteiger partial charge in [-0.2, -0.15) is 0 Å². The van der Waals surface area contributed by atoms with Crippen molar-refractivity contribution in [3.63, 3.8) is 0 Å². The molecule has 2 rings (SSSR count). The summed E-state index contributed by atoms with van der Waals surface area (Å²) in [6.07, 6.45) is 1.09. The van der Waals surface area contributed by atoms with Gasteiger partial charge in [-0.3, -0.25) is 9.69 Å². The molecule has 1 aromatic carbocycles. The third-order valence-corrected chi connectivity index (χ3v) is 3.83. The maximum Gasteiger partial charge on any atom is 0.151 e. The number of hydrogen-bond acceptors (Lipinski definition) is 2. The second kappa shape index (κ2) is 5.46. The summed E-state index contributed by atoms with van der Waals surface area (Å²) in [5.41, 5.74) is 1.30. The molecule has 1 aromatic rings. The van der Waals surface area contributed by atoms with Gasteiger partial charge in [-0.05, 0) is 11.5 Å². The topological polar surface area (TPSA) is 20.3 Å². The summed E-state index contributed by atoms with van der Waals surface area (Å²) >= 11 is 0.